The van der Waals surface area contributed by atoms with Gasteiger partial charge in [0.25, 0.3) is 6.71 Å². The smallest absolute Gasteiger partial charge is 0.260 e. The lowest BCUT2D eigenvalue weighted by atomic mass is 9.34. The second kappa shape index (κ2) is 11.8. The first-order chi connectivity index (χ1) is 26.0. The van der Waals surface area contributed by atoms with E-state index in [1.807, 2.05) is 0 Å². The SMILES string of the molecule is CC(C)(C)c1ccc2c(c1)c1cc(C(C)(C)C)ccc1n2-c1cc2c3c(c1)Oc1cc(-c4ccccc4)ccc1B3c1ccc(-c3ccccc3)cc1O2. The third-order valence-corrected chi connectivity index (χ3v) is 11.4. The molecule has 2 aliphatic heterocycles. The molecule has 0 atom stereocenters. The lowest BCUT2D eigenvalue weighted by Gasteiger charge is -2.34. The molecule has 54 heavy (non-hydrogen) atoms. The molecule has 4 heteroatoms. The standard InChI is InChI=1S/C50H42BNO2/c1-49(2,3)35-19-23-42-38(27-35)39-28-36(50(4,5)6)20-24-43(39)52(42)37-29-46-48-47(30-37)54-45-26-34(32-15-11-8-12-16-32)18-22-41(45)51(48)40-21-17-33(25-44(40)53-46)31-13-9-7-10-14-31/h7-30H,1-6H3. The van der Waals surface area contributed by atoms with Crippen molar-refractivity contribution in [2.24, 2.45) is 0 Å². The lowest BCUT2D eigenvalue weighted by molar-refractivity contribution is 0.464. The molecule has 3 heterocycles. The highest BCUT2D eigenvalue weighted by Crippen LogP contribution is 2.42. The van der Waals surface area contributed by atoms with Crippen LogP contribution >= 0.6 is 0 Å². The molecule has 2 aliphatic rings. The van der Waals surface area contributed by atoms with E-state index in [4.69, 9.17) is 9.47 Å². The van der Waals surface area contributed by atoms with Crippen molar-refractivity contribution in [3.63, 3.8) is 0 Å². The molecule has 0 saturated carbocycles. The molecule has 8 aromatic rings. The Morgan fingerprint density at radius 1 is 0.426 bits per heavy atom. The van der Waals surface area contributed by atoms with E-state index in [9.17, 15) is 0 Å². The zero-order chi connectivity index (χ0) is 36.9. The lowest BCUT2D eigenvalue weighted by Crippen LogP contribution is -2.57. The van der Waals surface area contributed by atoms with Gasteiger partial charge in [0.2, 0.25) is 0 Å². The van der Waals surface area contributed by atoms with Crippen LogP contribution in [0.15, 0.2) is 146 Å². The van der Waals surface area contributed by atoms with Crippen LogP contribution in [-0.2, 0) is 10.8 Å². The maximum Gasteiger partial charge on any atom is 0.260 e. The van der Waals surface area contributed by atoms with Crippen LogP contribution in [0.1, 0.15) is 52.7 Å². The monoisotopic (exact) mass is 699 g/mol. The van der Waals surface area contributed by atoms with E-state index in [2.05, 4.69) is 192 Å². The van der Waals surface area contributed by atoms with Crippen molar-refractivity contribution in [2.45, 2.75) is 52.4 Å². The van der Waals surface area contributed by atoms with Gasteiger partial charge in [-0.15, -0.1) is 0 Å². The van der Waals surface area contributed by atoms with Crippen LogP contribution in [-0.4, -0.2) is 11.3 Å². The third-order valence-electron chi connectivity index (χ3n) is 11.4. The molecule has 0 amide bonds. The van der Waals surface area contributed by atoms with Gasteiger partial charge in [0, 0.05) is 28.4 Å². The normalized spacial score (nSPS) is 13.3. The molecule has 3 nitrogen and oxygen atoms in total. The summed E-state index contributed by atoms with van der Waals surface area (Å²) in [5.74, 6) is 3.42. The van der Waals surface area contributed by atoms with Gasteiger partial charge in [0.15, 0.2) is 0 Å². The molecule has 1 aromatic heterocycles. The van der Waals surface area contributed by atoms with E-state index in [-0.39, 0.29) is 17.5 Å². The third kappa shape index (κ3) is 5.19. The minimum Gasteiger partial charge on any atom is -0.458 e. The predicted octanol–water partition coefficient (Wildman–Crippen LogP) is 11.4. The summed E-state index contributed by atoms with van der Waals surface area (Å²) in [6, 6.07) is 52.8. The number of aromatic nitrogens is 1. The van der Waals surface area contributed by atoms with E-state index in [0.29, 0.717) is 0 Å². The molecule has 0 N–H and O–H groups in total. The summed E-state index contributed by atoms with van der Waals surface area (Å²) < 4.78 is 16.4. The molecule has 0 unspecified atom stereocenters. The van der Waals surface area contributed by atoms with Gasteiger partial charge >= 0.3 is 0 Å². The summed E-state index contributed by atoms with van der Waals surface area (Å²) in [6.07, 6.45) is 0. The minimum atomic E-state index is -0.0342. The summed E-state index contributed by atoms with van der Waals surface area (Å²) in [6.45, 7) is 13.7. The molecule has 0 fully saturated rings. The average Bonchev–Trinajstić information content (AvgIpc) is 3.50. The van der Waals surface area contributed by atoms with Crippen molar-refractivity contribution in [2.75, 3.05) is 0 Å². The number of fused-ring (bicyclic) bond motifs is 7. The summed E-state index contributed by atoms with van der Waals surface area (Å²) in [5.41, 5.74) is 14.0. The fraction of sp³-hybridized carbons (Fsp3) is 0.160. The van der Waals surface area contributed by atoms with Crippen molar-refractivity contribution < 1.29 is 9.47 Å². The van der Waals surface area contributed by atoms with E-state index in [1.165, 1.54) is 33.0 Å². The van der Waals surface area contributed by atoms with Gasteiger partial charge in [-0.25, -0.2) is 0 Å². The van der Waals surface area contributed by atoms with Gasteiger partial charge in [0.05, 0.1) is 16.7 Å². The Bertz CT molecular complexity index is 2600. The second-order valence-electron chi connectivity index (χ2n) is 17.0. The molecular formula is C50H42BNO2. The number of rotatable bonds is 3. The van der Waals surface area contributed by atoms with Gasteiger partial charge in [0.1, 0.15) is 23.0 Å². The zero-order valence-corrected chi connectivity index (χ0v) is 31.7. The Kier molecular flexibility index (Phi) is 7.10. The maximum atomic E-state index is 6.99. The van der Waals surface area contributed by atoms with Crippen molar-refractivity contribution in [1.82, 2.24) is 4.57 Å². The summed E-state index contributed by atoms with van der Waals surface area (Å²) >= 11 is 0. The van der Waals surface area contributed by atoms with Crippen LogP contribution in [0.2, 0.25) is 0 Å². The Balaban J connectivity index is 1.22. The first-order valence-electron chi connectivity index (χ1n) is 19.0. The number of hydrogen-bond donors (Lipinski definition) is 0. The van der Waals surface area contributed by atoms with Gasteiger partial charge in [-0.2, -0.15) is 0 Å². The highest BCUT2D eigenvalue weighted by Gasteiger charge is 2.41. The Morgan fingerprint density at radius 3 is 1.30 bits per heavy atom. The van der Waals surface area contributed by atoms with Crippen LogP contribution in [0.5, 0.6) is 23.0 Å². The molecule has 0 saturated heterocycles. The van der Waals surface area contributed by atoms with Gasteiger partial charge in [-0.05, 0) is 91.5 Å². The van der Waals surface area contributed by atoms with Gasteiger partial charge in [-0.1, -0.05) is 139 Å². The Morgan fingerprint density at radius 2 is 0.870 bits per heavy atom. The fourth-order valence-corrected chi connectivity index (χ4v) is 8.46. The van der Waals surface area contributed by atoms with Crippen molar-refractivity contribution in [3.05, 3.63) is 157 Å². The molecule has 10 rings (SSSR count). The van der Waals surface area contributed by atoms with Crippen LogP contribution in [0.25, 0.3) is 49.7 Å². The highest BCUT2D eigenvalue weighted by molar-refractivity contribution is 6.98. The van der Waals surface area contributed by atoms with Crippen molar-refractivity contribution in [1.29, 1.82) is 0 Å². The molecule has 7 aromatic carbocycles. The predicted molar refractivity (Wildman–Crippen MR) is 227 cm³/mol. The molecule has 0 aliphatic carbocycles. The van der Waals surface area contributed by atoms with E-state index in [1.54, 1.807) is 0 Å². The molecular weight excluding hydrogens is 657 g/mol. The molecule has 0 radical (unpaired) electrons. The van der Waals surface area contributed by atoms with E-state index in [0.717, 1.165) is 67.2 Å². The molecule has 0 spiro atoms. The molecule has 262 valence electrons. The fourth-order valence-electron chi connectivity index (χ4n) is 8.46. The highest BCUT2D eigenvalue weighted by atomic mass is 16.5. The summed E-state index contributed by atoms with van der Waals surface area (Å²) in [5, 5.41) is 2.51. The average molecular weight is 700 g/mol. The number of ether oxygens (including phenoxy) is 2. The van der Waals surface area contributed by atoms with Crippen molar-refractivity contribution in [3.8, 4) is 50.9 Å². The quantitative estimate of drug-likeness (QED) is 0.171. The van der Waals surface area contributed by atoms with Crippen LogP contribution in [0.3, 0.4) is 0 Å². The summed E-state index contributed by atoms with van der Waals surface area (Å²) in [4.78, 5) is 0. The van der Waals surface area contributed by atoms with E-state index >= 15 is 0 Å². The first-order valence-corrected chi connectivity index (χ1v) is 19.0. The number of nitrogens with zero attached hydrogens (tertiary/aromatic N) is 1. The maximum absolute atomic E-state index is 6.99. The molecule has 0 bridgehead atoms. The Labute approximate surface area is 317 Å². The van der Waals surface area contributed by atoms with Gasteiger partial charge in [-0.3, -0.25) is 0 Å². The van der Waals surface area contributed by atoms with Crippen molar-refractivity contribution >= 4 is 44.9 Å². The van der Waals surface area contributed by atoms with E-state index < -0.39 is 0 Å². The van der Waals surface area contributed by atoms with Crippen LogP contribution < -0.4 is 25.9 Å². The number of hydrogen-bond acceptors (Lipinski definition) is 2. The largest absolute Gasteiger partial charge is 0.458 e. The first kappa shape index (κ1) is 32.6. The Hall–Kier alpha value is -6.00. The summed E-state index contributed by atoms with van der Waals surface area (Å²) in [7, 11) is 0. The second-order valence-corrected chi connectivity index (χ2v) is 17.0. The van der Waals surface area contributed by atoms with Crippen LogP contribution in [0.4, 0.5) is 0 Å². The topological polar surface area (TPSA) is 23.4 Å². The minimum absolute atomic E-state index is 0.0227. The number of benzene rings is 7. The zero-order valence-electron chi connectivity index (χ0n) is 31.7. The van der Waals surface area contributed by atoms with Crippen LogP contribution in [0, 0.1) is 0 Å². The van der Waals surface area contributed by atoms with Gasteiger partial charge < -0.3 is 14.0 Å².